The highest BCUT2D eigenvalue weighted by Gasteiger charge is 2.50. The standard InChI is InChI=1S/C10H18N2O3S2/c1-6(4-12(2)9(14)16)10(11)8(17-3)7(13)5-15-10/h6,8H,4-5,11H2,1-3H3,(H,14,16). The fourth-order valence-electron chi connectivity index (χ4n) is 1.95. The molecule has 1 heterocycles. The lowest BCUT2D eigenvalue weighted by molar-refractivity contribution is -0.117. The van der Waals surface area contributed by atoms with E-state index >= 15 is 0 Å². The molecular weight excluding hydrogens is 260 g/mol. The largest absolute Gasteiger partial charge is 0.351 e. The van der Waals surface area contributed by atoms with E-state index in [0.29, 0.717) is 6.54 Å². The Hall–Kier alpha value is -0.240. The van der Waals surface area contributed by atoms with Crippen molar-refractivity contribution in [1.82, 2.24) is 4.90 Å². The third-order valence-electron chi connectivity index (χ3n) is 3.05. The molecule has 0 saturated carbocycles. The number of ether oxygens (including phenoxy) is 1. The molecule has 0 aromatic carbocycles. The quantitative estimate of drug-likeness (QED) is 0.736. The molecule has 1 fully saturated rings. The van der Waals surface area contributed by atoms with Crippen LogP contribution in [0, 0.1) is 5.92 Å². The first-order chi connectivity index (χ1) is 7.82. The molecular formula is C10H18N2O3S2. The maximum Gasteiger partial charge on any atom is 0.278 e. The Morgan fingerprint density at radius 3 is 2.88 bits per heavy atom. The third-order valence-corrected chi connectivity index (χ3v) is 4.49. The van der Waals surface area contributed by atoms with Crippen molar-refractivity contribution < 1.29 is 14.3 Å². The van der Waals surface area contributed by atoms with Gasteiger partial charge in [-0.05, 0) is 6.26 Å². The van der Waals surface area contributed by atoms with Crippen molar-refractivity contribution in [3.63, 3.8) is 0 Å². The van der Waals surface area contributed by atoms with Crippen LogP contribution in [0.5, 0.6) is 0 Å². The molecule has 1 saturated heterocycles. The summed E-state index contributed by atoms with van der Waals surface area (Å²) in [5, 5.41) is -0.702. The lowest BCUT2D eigenvalue weighted by atomic mass is 9.94. The van der Waals surface area contributed by atoms with Crippen LogP contribution in [-0.2, 0) is 9.53 Å². The van der Waals surface area contributed by atoms with Crippen LogP contribution in [0.2, 0.25) is 0 Å². The number of nitrogens with zero attached hydrogens (tertiary/aromatic N) is 1. The molecule has 1 aliphatic heterocycles. The molecule has 98 valence electrons. The summed E-state index contributed by atoms with van der Waals surface area (Å²) in [5.74, 6) is -0.140. The Morgan fingerprint density at radius 1 is 1.82 bits per heavy atom. The Balaban J connectivity index is 2.76. The summed E-state index contributed by atoms with van der Waals surface area (Å²) in [7, 11) is 1.64. The minimum absolute atomic E-state index is 0.00621. The number of Topliss-reactive ketones (excluding diaryl/α,β-unsaturated/α-hetero) is 1. The van der Waals surface area contributed by atoms with Gasteiger partial charge in [0, 0.05) is 19.5 Å². The molecule has 1 amide bonds. The fraction of sp³-hybridized carbons (Fsp3) is 0.800. The van der Waals surface area contributed by atoms with Gasteiger partial charge in [0.15, 0.2) is 5.78 Å². The zero-order valence-electron chi connectivity index (χ0n) is 10.2. The summed E-state index contributed by atoms with van der Waals surface area (Å²) < 4.78 is 5.44. The Labute approximate surface area is 111 Å². The van der Waals surface area contributed by atoms with Crippen molar-refractivity contribution in [3.8, 4) is 0 Å². The van der Waals surface area contributed by atoms with Gasteiger partial charge < -0.3 is 15.4 Å². The van der Waals surface area contributed by atoms with E-state index in [2.05, 4.69) is 12.6 Å². The van der Waals surface area contributed by atoms with E-state index in [9.17, 15) is 9.59 Å². The highest BCUT2D eigenvalue weighted by atomic mass is 32.2. The SMILES string of the molecule is CSC1C(=O)COC1(N)C(C)CN(C)C(=O)S. The molecule has 0 aliphatic carbocycles. The number of hydrogen-bond acceptors (Lipinski definition) is 5. The van der Waals surface area contributed by atoms with Gasteiger partial charge in [-0.1, -0.05) is 19.6 Å². The maximum absolute atomic E-state index is 11.6. The second-order valence-electron chi connectivity index (χ2n) is 4.29. The van der Waals surface area contributed by atoms with Crippen LogP contribution in [0.25, 0.3) is 0 Å². The fourth-order valence-corrected chi connectivity index (χ4v) is 3.03. The Bertz CT molecular complexity index is 327. The third kappa shape index (κ3) is 2.96. The van der Waals surface area contributed by atoms with E-state index in [1.807, 2.05) is 13.2 Å². The van der Waals surface area contributed by atoms with Crippen LogP contribution in [0.3, 0.4) is 0 Å². The lowest BCUT2D eigenvalue weighted by Gasteiger charge is -2.35. The molecule has 0 bridgehead atoms. The molecule has 1 aliphatic rings. The smallest absolute Gasteiger partial charge is 0.278 e. The number of carbonyl (C=O) groups excluding carboxylic acids is 2. The van der Waals surface area contributed by atoms with Crippen LogP contribution >= 0.6 is 24.4 Å². The second-order valence-corrected chi connectivity index (χ2v) is 5.61. The first-order valence-electron chi connectivity index (χ1n) is 5.25. The van der Waals surface area contributed by atoms with Gasteiger partial charge in [0.2, 0.25) is 0 Å². The maximum atomic E-state index is 11.6. The summed E-state index contributed by atoms with van der Waals surface area (Å²) in [6.07, 6.45) is 1.83. The number of thioether (sulfide) groups is 1. The monoisotopic (exact) mass is 278 g/mol. The predicted octanol–water partition coefficient (Wildman–Crippen LogP) is 0.590. The summed E-state index contributed by atoms with van der Waals surface area (Å²) >= 11 is 5.12. The van der Waals surface area contributed by atoms with Crippen molar-refractivity contribution in [2.24, 2.45) is 11.7 Å². The van der Waals surface area contributed by atoms with Gasteiger partial charge in [-0.2, -0.15) is 0 Å². The van der Waals surface area contributed by atoms with Crippen molar-refractivity contribution in [2.75, 3.05) is 26.5 Å². The van der Waals surface area contributed by atoms with Gasteiger partial charge in [-0.25, -0.2) is 0 Å². The number of hydrogen-bond donors (Lipinski definition) is 2. The van der Waals surface area contributed by atoms with E-state index in [1.165, 1.54) is 16.7 Å². The molecule has 2 N–H and O–H groups in total. The molecule has 7 heteroatoms. The topological polar surface area (TPSA) is 72.6 Å². The minimum Gasteiger partial charge on any atom is -0.351 e. The highest BCUT2D eigenvalue weighted by Crippen LogP contribution is 2.34. The molecule has 0 spiro atoms. The van der Waals surface area contributed by atoms with Gasteiger partial charge in [0.1, 0.15) is 17.6 Å². The molecule has 3 atom stereocenters. The van der Waals surface area contributed by atoms with E-state index < -0.39 is 5.72 Å². The predicted molar refractivity (Wildman–Crippen MR) is 71.4 cm³/mol. The zero-order chi connectivity index (χ0) is 13.2. The number of carbonyl (C=O) groups is 2. The highest BCUT2D eigenvalue weighted by molar-refractivity contribution is 8.00. The van der Waals surface area contributed by atoms with Gasteiger partial charge in [-0.3, -0.25) is 9.59 Å². The van der Waals surface area contributed by atoms with Gasteiger partial charge in [0.05, 0.1) is 0 Å². The van der Waals surface area contributed by atoms with Crippen LogP contribution in [-0.4, -0.2) is 53.4 Å². The summed E-state index contributed by atoms with van der Waals surface area (Å²) in [6.45, 7) is 2.32. The average Bonchev–Trinajstić information content (AvgIpc) is 2.55. The Morgan fingerprint density at radius 2 is 2.41 bits per heavy atom. The normalized spacial score (nSPS) is 30.4. The van der Waals surface area contributed by atoms with Crippen LogP contribution in [0.4, 0.5) is 4.79 Å². The first-order valence-corrected chi connectivity index (χ1v) is 6.98. The minimum atomic E-state index is -1.01. The number of amides is 1. The van der Waals surface area contributed by atoms with E-state index in [4.69, 9.17) is 10.5 Å². The van der Waals surface area contributed by atoms with Crippen LogP contribution < -0.4 is 5.73 Å². The lowest BCUT2D eigenvalue weighted by Crippen LogP contribution is -2.56. The number of ketones is 1. The number of nitrogens with two attached hydrogens (primary N) is 1. The van der Waals surface area contributed by atoms with Gasteiger partial charge in [0.25, 0.3) is 5.24 Å². The summed E-state index contributed by atoms with van der Waals surface area (Å²) in [4.78, 5) is 24.1. The number of thiol groups is 1. The molecule has 0 aromatic heterocycles. The molecule has 3 unspecified atom stereocenters. The van der Waals surface area contributed by atoms with E-state index in [-0.39, 0.29) is 28.8 Å². The molecule has 0 aromatic rings. The van der Waals surface area contributed by atoms with Crippen molar-refractivity contribution in [2.45, 2.75) is 17.9 Å². The van der Waals surface area contributed by atoms with Gasteiger partial charge in [-0.15, -0.1) is 11.8 Å². The molecule has 0 radical (unpaired) electrons. The molecule has 17 heavy (non-hydrogen) atoms. The van der Waals surface area contributed by atoms with Crippen molar-refractivity contribution >= 4 is 35.4 Å². The van der Waals surface area contributed by atoms with Crippen molar-refractivity contribution in [1.29, 1.82) is 0 Å². The van der Waals surface area contributed by atoms with Crippen molar-refractivity contribution in [3.05, 3.63) is 0 Å². The van der Waals surface area contributed by atoms with Crippen LogP contribution in [0.1, 0.15) is 6.92 Å². The van der Waals surface area contributed by atoms with E-state index in [1.54, 1.807) is 7.05 Å². The second kappa shape index (κ2) is 5.60. The number of rotatable bonds is 4. The van der Waals surface area contributed by atoms with E-state index in [0.717, 1.165) is 0 Å². The first kappa shape index (κ1) is 14.8. The van der Waals surface area contributed by atoms with Gasteiger partial charge >= 0.3 is 0 Å². The molecule has 5 nitrogen and oxygen atoms in total. The Kier molecular flexibility index (Phi) is 4.88. The zero-order valence-corrected chi connectivity index (χ0v) is 11.9. The summed E-state index contributed by atoms with van der Waals surface area (Å²) in [5.41, 5.74) is 5.16. The van der Waals surface area contributed by atoms with Crippen LogP contribution in [0.15, 0.2) is 0 Å². The average molecular weight is 278 g/mol. The summed E-state index contributed by atoms with van der Waals surface area (Å²) in [6, 6.07) is 0. The molecule has 1 rings (SSSR count).